The van der Waals surface area contributed by atoms with E-state index in [4.69, 9.17) is 5.84 Å². The molecule has 0 atom stereocenters. The van der Waals surface area contributed by atoms with Crippen molar-refractivity contribution in [3.8, 4) is 0 Å². The largest absolute Gasteiger partial charge is 0.323 e. The van der Waals surface area contributed by atoms with Crippen molar-refractivity contribution in [3.05, 3.63) is 42.5 Å². The Bertz CT molecular complexity index is 374. The van der Waals surface area contributed by atoms with Crippen LogP contribution in [0.2, 0.25) is 0 Å². The Hall–Kier alpha value is -2.14. The topological polar surface area (TPSA) is 84.2 Å². The van der Waals surface area contributed by atoms with Gasteiger partial charge in [0.2, 0.25) is 5.91 Å². The quantitative estimate of drug-likeness (QED) is 0.284. The number of hydrazine groups is 1. The highest BCUT2D eigenvalue weighted by atomic mass is 16.2. The standard InChI is InChI=1S/C10H11N3O2/c11-13-10(15)7-6-9(14)12-8-4-2-1-3-5-8/h1-7H,11H2,(H,12,14)(H,13,15)/b7-6+. The fourth-order valence-electron chi connectivity index (χ4n) is 0.905. The molecular weight excluding hydrogens is 194 g/mol. The van der Waals surface area contributed by atoms with Gasteiger partial charge in [-0.3, -0.25) is 15.0 Å². The molecule has 1 aromatic carbocycles. The summed E-state index contributed by atoms with van der Waals surface area (Å²) in [6.45, 7) is 0. The van der Waals surface area contributed by atoms with Gasteiger partial charge in [-0.15, -0.1) is 0 Å². The van der Waals surface area contributed by atoms with Gasteiger partial charge >= 0.3 is 0 Å². The Morgan fingerprint density at radius 2 is 1.67 bits per heavy atom. The number of rotatable bonds is 3. The number of hydrogen-bond acceptors (Lipinski definition) is 3. The Balaban J connectivity index is 2.50. The number of carbonyl (C=O) groups is 2. The lowest BCUT2D eigenvalue weighted by Crippen LogP contribution is -2.28. The monoisotopic (exact) mass is 205 g/mol. The number of nitrogens with two attached hydrogens (primary N) is 1. The molecular formula is C10H11N3O2. The van der Waals surface area contributed by atoms with E-state index in [9.17, 15) is 9.59 Å². The fraction of sp³-hybridized carbons (Fsp3) is 0. The Kier molecular flexibility index (Phi) is 4.05. The Labute approximate surface area is 86.9 Å². The van der Waals surface area contributed by atoms with Gasteiger partial charge in [-0.2, -0.15) is 0 Å². The number of nitrogens with one attached hydrogen (secondary N) is 2. The van der Waals surface area contributed by atoms with Crippen molar-refractivity contribution in [1.82, 2.24) is 5.43 Å². The highest BCUT2D eigenvalue weighted by molar-refractivity contribution is 6.03. The molecule has 4 N–H and O–H groups in total. The van der Waals surface area contributed by atoms with Crippen LogP contribution in [0.1, 0.15) is 0 Å². The number of anilines is 1. The summed E-state index contributed by atoms with van der Waals surface area (Å²) in [5.74, 6) is 3.91. The zero-order chi connectivity index (χ0) is 11.1. The fourth-order valence-corrected chi connectivity index (χ4v) is 0.905. The van der Waals surface area contributed by atoms with Crippen LogP contribution in [0.4, 0.5) is 5.69 Å². The molecule has 15 heavy (non-hydrogen) atoms. The average Bonchev–Trinajstić information content (AvgIpc) is 2.27. The number of benzene rings is 1. The van der Waals surface area contributed by atoms with Crippen LogP contribution in [0, 0.1) is 0 Å². The molecule has 0 aromatic heterocycles. The van der Waals surface area contributed by atoms with E-state index in [0.29, 0.717) is 5.69 Å². The van der Waals surface area contributed by atoms with Gasteiger partial charge in [0.05, 0.1) is 0 Å². The number of hydrogen-bond donors (Lipinski definition) is 3. The first kappa shape index (κ1) is 10.9. The first-order valence-electron chi connectivity index (χ1n) is 4.27. The van der Waals surface area contributed by atoms with E-state index in [1.54, 1.807) is 24.3 Å². The van der Waals surface area contributed by atoms with Crippen LogP contribution in [-0.2, 0) is 9.59 Å². The summed E-state index contributed by atoms with van der Waals surface area (Å²) >= 11 is 0. The number of carbonyl (C=O) groups excluding carboxylic acids is 2. The number of amides is 2. The van der Waals surface area contributed by atoms with Crippen molar-refractivity contribution in [2.45, 2.75) is 0 Å². The maximum absolute atomic E-state index is 11.2. The smallest absolute Gasteiger partial charge is 0.258 e. The van der Waals surface area contributed by atoms with Gasteiger partial charge in [0.15, 0.2) is 0 Å². The first-order chi connectivity index (χ1) is 7.22. The van der Waals surface area contributed by atoms with E-state index in [-0.39, 0.29) is 5.91 Å². The molecule has 0 saturated carbocycles. The number of para-hydroxylation sites is 1. The van der Waals surface area contributed by atoms with E-state index in [0.717, 1.165) is 12.2 Å². The van der Waals surface area contributed by atoms with Crippen LogP contribution in [0.5, 0.6) is 0 Å². The molecule has 0 saturated heterocycles. The lowest BCUT2D eigenvalue weighted by molar-refractivity contribution is -0.117. The van der Waals surface area contributed by atoms with E-state index >= 15 is 0 Å². The van der Waals surface area contributed by atoms with Crippen molar-refractivity contribution in [3.63, 3.8) is 0 Å². The van der Waals surface area contributed by atoms with E-state index in [1.807, 2.05) is 11.5 Å². The second-order valence-electron chi connectivity index (χ2n) is 2.70. The lowest BCUT2D eigenvalue weighted by atomic mass is 10.3. The highest BCUT2D eigenvalue weighted by Gasteiger charge is 1.97. The minimum atomic E-state index is -0.529. The summed E-state index contributed by atoms with van der Waals surface area (Å²) < 4.78 is 0. The highest BCUT2D eigenvalue weighted by Crippen LogP contribution is 2.04. The molecule has 0 radical (unpaired) electrons. The molecule has 0 spiro atoms. The van der Waals surface area contributed by atoms with Crippen LogP contribution < -0.4 is 16.6 Å². The van der Waals surface area contributed by atoms with Gasteiger partial charge in [0.25, 0.3) is 5.91 Å². The maximum atomic E-state index is 11.2. The summed E-state index contributed by atoms with van der Waals surface area (Å²) in [5.41, 5.74) is 2.55. The summed E-state index contributed by atoms with van der Waals surface area (Å²) in [6, 6.07) is 8.93. The zero-order valence-electron chi connectivity index (χ0n) is 7.94. The second-order valence-corrected chi connectivity index (χ2v) is 2.70. The molecule has 5 heteroatoms. The van der Waals surface area contributed by atoms with Crippen molar-refractivity contribution in [1.29, 1.82) is 0 Å². The van der Waals surface area contributed by atoms with Crippen LogP contribution >= 0.6 is 0 Å². The molecule has 5 nitrogen and oxygen atoms in total. The van der Waals surface area contributed by atoms with Crippen LogP contribution in [0.15, 0.2) is 42.5 Å². The molecule has 1 rings (SSSR count). The minimum absolute atomic E-state index is 0.384. The maximum Gasteiger partial charge on any atom is 0.258 e. The van der Waals surface area contributed by atoms with Gasteiger partial charge < -0.3 is 5.32 Å². The predicted molar refractivity (Wildman–Crippen MR) is 56.5 cm³/mol. The van der Waals surface area contributed by atoms with Crippen LogP contribution in [0.3, 0.4) is 0 Å². The summed E-state index contributed by atoms with van der Waals surface area (Å²) in [7, 11) is 0. The second kappa shape index (κ2) is 5.56. The SMILES string of the molecule is NNC(=O)/C=C/C(=O)Nc1ccccc1. The Morgan fingerprint density at radius 1 is 1.07 bits per heavy atom. The van der Waals surface area contributed by atoms with Crippen molar-refractivity contribution in [2.75, 3.05) is 5.32 Å². The lowest BCUT2D eigenvalue weighted by Gasteiger charge is -2.00. The van der Waals surface area contributed by atoms with E-state index < -0.39 is 5.91 Å². The molecule has 0 heterocycles. The molecule has 0 aliphatic carbocycles. The molecule has 78 valence electrons. The van der Waals surface area contributed by atoms with Gasteiger partial charge in [-0.05, 0) is 12.1 Å². The van der Waals surface area contributed by atoms with E-state index in [1.165, 1.54) is 0 Å². The normalized spacial score (nSPS) is 9.93. The molecule has 0 unspecified atom stereocenters. The molecule has 0 bridgehead atoms. The summed E-state index contributed by atoms with van der Waals surface area (Å²) in [6.07, 6.45) is 2.16. The van der Waals surface area contributed by atoms with E-state index in [2.05, 4.69) is 5.32 Å². The first-order valence-corrected chi connectivity index (χ1v) is 4.27. The molecule has 0 fully saturated rings. The molecule has 1 aromatic rings. The summed E-state index contributed by atoms with van der Waals surface area (Å²) in [4.78, 5) is 21.9. The van der Waals surface area contributed by atoms with Gasteiger partial charge in [0, 0.05) is 17.8 Å². The van der Waals surface area contributed by atoms with Gasteiger partial charge in [-0.25, -0.2) is 5.84 Å². The predicted octanol–water partition coefficient (Wildman–Crippen LogP) is 0.171. The van der Waals surface area contributed by atoms with Crippen LogP contribution in [0.25, 0.3) is 0 Å². The zero-order valence-corrected chi connectivity index (χ0v) is 7.94. The third-order valence-corrected chi connectivity index (χ3v) is 1.57. The van der Waals surface area contributed by atoms with Crippen LogP contribution in [-0.4, -0.2) is 11.8 Å². The molecule has 0 aliphatic rings. The van der Waals surface area contributed by atoms with Gasteiger partial charge in [0.1, 0.15) is 0 Å². The molecule has 0 aliphatic heterocycles. The van der Waals surface area contributed by atoms with Gasteiger partial charge in [-0.1, -0.05) is 18.2 Å². The van der Waals surface area contributed by atoms with Crippen molar-refractivity contribution < 1.29 is 9.59 Å². The molecule has 2 amide bonds. The van der Waals surface area contributed by atoms with Crippen molar-refractivity contribution in [2.24, 2.45) is 5.84 Å². The Morgan fingerprint density at radius 3 is 2.27 bits per heavy atom. The van der Waals surface area contributed by atoms with Crippen molar-refractivity contribution >= 4 is 17.5 Å². The minimum Gasteiger partial charge on any atom is -0.323 e. The summed E-state index contributed by atoms with van der Waals surface area (Å²) in [5, 5.41) is 2.57. The third-order valence-electron chi connectivity index (χ3n) is 1.57. The average molecular weight is 205 g/mol. The third kappa shape index (κ3) is 4.06.